The Hall–Kier alpha value is -1.10. The van der Waals surface area contributed by atoms with E-state index in [2.05, 4.69) is 10.6 Å². The second-order valence-electron chi connectivity index (χ2n) is 6.11. The molecule has 1 saturated heterocycles. The summed E-state index contributed by atoms with van der Waals surface area (Å²) >= 11 is 0. The number of rotatable bonds is 4. The zero-order valence-corrected chi connectivity index (χ0v) is 11.4. The summed E-state index contributed by atoms with van der Waals surface area (Å²) in [5.74, 6) is 0.940. The van der Waals surface area contributed by atoms with Gasteiger partial charge >= 0.3 is 0 Å². The number of hydrogen-bond donors (Lipinski definition) is 2. The van der Waals surface area contributed by atoms with Crippen LogP contribution < -0.4 is 10.6 Å². The van der Waals surface area contributed by atoms with Gasteiger partial charge in [0.05, 0.1) is 12.1 Å². The smallest absolute Gasteiger partial charge is 0.223 e. The van der Waals surface area contributed by atoms with Crippen LogP contribution in [0, 0.1) is 11.8 Å². The predicted octanol–water partition coefficient (Wildman–Crippen LogP) is 0.585. The van der Waals surface area contributed by atoms with Crippen molar-refractivity contribution in [3.05, 3.63) is 0 Å². The van der Waals surface area contributed by atoms with Gasteiger partial charge in [-0.15, -0.1) is 0 Å². The molecule has 2 saturated carbocycles. The maximum atomic E-state index is 12.1. The molecule has 1 heterocycles. The molecule has 0 aromatic heterocycles. The molecule has 0 aromatic carbocycles. The number of ether oxygens (including phenoxy) is 1. The summed E-state index contributed by atoms with van der Waals surface area (Å²) in [6.45, 7) is 0. The maximum Gasteiger partial charge on any atom is 0.223 e. The lowest BCUT2D eigenvalue weighted by atomic mass is 9.81. The Balaban J connectivity index is 1.53. The van der Waals surface area contributed by atoms with Crippen molar-refractivity contribution in [2.24, 2.45) is 11.8 Å². The molecule has 0 radical (unpaired) electrons. The highest BCUT2D eigenvalue weighted by atomic mass is 16.5. The Morgan fingerprint density at radius 1 is 1.32 bits per heavy atom. The van der Waals surface area contributed by atoms with Gasteiger partial charge in [0.2, 0.25) is 11.8 Å². The summed E-state index contributed by atoms with van der Waals surface area (Å²) in [5, 5.41) is 6.20. The molecule has 3 aliphatic rings. The second-order valence-corrected chi connectivity index (χ2v) is 6.11. The minimum Gasteiger partial charge on any atom is -0.381 e. The first kappa shape index (κ1) is 12.9. The fourth-order valence-electron chi connectivity index (χ4n) is 3.16. The standard InChI is InChI=1S/C14H22N2O3/c1-19-10-6-9(7-10)14(18)15-11-4-5-12(17)16-13(11)8-2-3-8/h8-11,13H,2-7H2,1H3,(H,15,18)(H,16,17)/t9?,10?,11-,13+/m1/s1. The highest BCUT2D eigenvalue weighted by molar-refractivity contribution is 5.81. The maximum absolute atomic E-state index is 12.1. The van der Waals surface area contributed by atoms with Crippen molar-refractivity contribution in [3.63, 3.8) is 0 Å². The van der Waals surface area contributed by atoms with Gasteiger partial charge in [-0.1, -0.05) is 0 Å². The second kappa shape index (κ2) is 5.12. The van der Waals surface area contributed by atoms with E-state index < -0.39 is 0 Å². The Morgan fingerprint density at radius 3 is 2.68 bits per heavy atom. The summed E-state index contributed by atoms with van der Waals surface area (Å²) in [6.07, 6.45) is 5.56. The van der Waals surface area contributed by atoms with Crippen molar-refractivity contribution in [2.45, 2.75) is 56.7 Å². The molecule has 2 atom stereocenters. The summed E-state index contributed by atoms with van der Waals surface area (Å²) in [6, 6.07) is 0.280. The van der Waals surface area contributed by atoms with Gasteiger partial charge in [0.1, 0.15) is 0 Å². The largest absolute Gasteiger partial charge is 0.381 e. The minimum absolute atomic E-state index is 0.0995. The fourth-order valence-corrected chi connectivity index (χ4v) is 3.16. The third-order valence-corrected chi connectivity index (χ3v) is 4.70. The van der Waals surface area contributed by atoms with E-state index in [0.717, 1.165) is 19.3 Å². The number of carbonyl (C=O) groups is 2. The first-order chi connectivity index (χ1) is 9.17. The van der Waals surface area contributed by atoms with E-state index in [0.29, 0.717) is 12.3 Å². The Morgan fingerprint density at radius 2 is 2.05 bits per heavy atom. The van der Waals surface area contributed by atoms with Gasteiger partial charge < -0.3 is 15.4 Å². The van der Waals surface area contributed by atoms with Crippen LogP contribution in [-0.2, 0) is 14.3 Å². The van der Waals surface area contributed by atoms with Crippen LogP contribution in [0.4, 0.5) is 0 Å². The Kier molecular flexibility index (Phi) is 3.48. The number of amides is 2. The number of carbonyl (C=O) groups excluding carboxylic acids is 2. The molecule has 0 spiro atoms. The van der Waals surface area contributed by atoms with E-state index in [4.69, 9.17) is 4.74 Å². The average molecular weight is 266 g/mol. The van der Waals surface area contributed by atoms with Crippen LogP contribution in [0.15, 0.2) is 0 Å². The molecule has 5 nitrogen and oxygen atoms in total. The van der Waals surface area contributed by atoms with Crippen LogP contribution in [0.25, 0.3) is 0 Å². The van der Waals surface area contributed by atoms with E-state index in [1.165, 1.54) is 12.8 Å². The first-order valence-corrected chi connectivity index (χ1v) is 7.30. The molecule has 2 amide bonds. The summed E-state index contributed by atoms with van der Waals surface area (Å²) < 4.78 is 5.20. The monoisotopic (exact) mass is 266 g/mol. The molecule has 0 aromatic rings. The van der Waals surface area contributed by atoms with Gasteiger partial charge in [0, 0.05) is 25.5 Å². The normalized spacial score (nSPS) is 38.3. The third-order valence-electron chi connectivity index (χ3n) is 4.70. The third kappa shape index (κ3) is 2.76. The molecule has 3 fully saturated rings. The molecular formula is C14H22N2O3. The van der Waals surface area contributed by atoms with Gasteiger partial charge in [-0.2, -0.15) is 0 Å². The number of methoxy groups -OCH3 is 1. The van der Waals surface area contributed by atoms with Crippen LogP contribution in [0.5, 0.6) is 0 Å². The molecule has 5 heteroatoms. The molecule has 2 N–H and O–H groups in total. The number of nitrogens with one attached hydrogen (secondary N) is 2. The van der Waals surface area contributed by atoms with Crippen molar-refractivity contribution in [1.29, 1.82) is 0 Å². The van der Waals surface area contributed by atoms with Crippen LogP contribution in [-0.4, -0.2) is 37.1 Å². The zero-order chi connectivity index (χ0) is 13.4. The van der Waals surface area contributed by atoms with Crippen molar-refractivity contribution >= 4 is 11.8 Å². The topological polar surface area (TPSA) is 67.4 Å². The summed E-state index contributed by atoms with van der Waals surface area (Å²) in [5.41, 5.74) is 0. The average Bonchev–Trinajstić information content (AvgIpc) is 3.14. The predicted molar refractivity (Wildman–Crippen MR) is 69.3 cm³/mol. The Labute approximate surface area is 113 Å². The molecule has 19 heavy (non-hydrogen) atoms. The van der Waals surface area contributed by atoms with Gasteiger partial charge in [-0.05, 0) is 38.0 Å². The van der Waals surface area contributed by atoms with E-state index in [-0.39, 0.29) is 35.9 Å². The lowest BCUT2D eigenvalue weighted by molar-refractivity contribution is -0.135. The van der Waals surface area contributed by atoms with Gasteiger partial charge in [0.25, 0.3) is 0 Å². The first-order valence-electron chi connectivity index (χ1n) is 7.30. The lowest BCUT2D eigenvalue weighted by Crippen LogP contribution is -2.58. The Bertz CT molecular complexity index is 375. The van der Waals surface area contributed by atoms with Crippen molar-refractivity contribution in [3.8, 4) is 0 Å². The lowest BCUT2D eigenvalue weighted by Gasteiger charge is -2.37. The zero-order valence-electron chi connectivity index (χ0n) is 11.4. The van der Waals surface area contributed by atoms with Crippen molar-refractivity contribution in [2.75, 3.05) is 7.11 Å². The molecular weight excluding hydrogens is 244 g/mol. The highest BCUT2D eigenvalue weighted by Gasteiger charge is 2.42. The van der Waals surface area contributed by atoms with Crippen LogP contribution in [0.1, 0.15) is 38.5 Å². The summed E-state index contributed by atoms with van der Waals surface area (Å²) in [4.78, 5) is 23.6. The van der Waals surface area contributed by atoms with E-state index >= 15 is 0 Å². The number of hydrogen-bond acceptors (Lipinski definition) is 3. The molecule has 2 aliphatic carbocycles. The van der Waals surface area contributed by atoms with E-state index in [1.807, 2.05) is 0 Å². The highest BCUT2D eigenvalue weighted by Crippen LogP contribution is 2.36. The van der Waals surface area contributed by atoms with Crippen LogP contribution >= 0.6 is 0 Å². The van der Waals surface area contributed by atoms with Crippen LogP contribution in [0.2, 0.25) is 0 Å². The van der Waals surface area contributed by atoms with Crippen LogP contribution in [0.3, 0.4) is 0 Å². The van der Waals surface area contributed by atoms with Gasteiger partial charge in [-0.25, -0.2) is 0 Å². The van der Waals surface area contributed by atoms with Gasteiger partial charge in [0.15, 0.2) is 0 Å². The number of piperidine rings is 1. The summed E-state index contributed by atoms with van der Waals surface area (Å²) in [7, 11) is 1.69. The molecule has 1 aliphatic heterocycles. The minimum atomic E-state index is 0.0995. The quantitative estimate of drug-likeness (QED) is 0.782. The van der Waals surface area contributed by atoms with Crippen molar-refractivity contribution in [1.82, 2.24) is 10.6 Å². The van der Waals surface area contributed by atoms with Crippen molar-refractivity contribution < 1.29 is 14.3 Å². The SMILES string of the molecule is COC1CC(C(=O)N[C@@H]2CCC(=O)N[C@H]2C2CC2)C1. The molecule has 3 rings (SSSR count). The van der Waals surface area contributed by atoms with Gasteiger partial charge in [-0.3, -0.25) is 9.59 Å². The van der Waals surface area contributed by atoms with E-state index in [9.17, 15) is 9.59 Å². The van der Waals surface area contributed by atoms with E-state index in [1.54, 1.807) is 7.11 Å². The molecule has 0 bridgehead atoms. The molecule has 106 valence electrons. The molecule has 0 unspecified atom stereocenters. The fraction of sp³-hybridized carbons (Fsp3) is 0.857.